The number of carbonyl (C=O) groups is 1. The molecule has 3 aromatic rings. The van der Waals surface area contributed by atoms with Crippen molar-refractivity contribution in [3.8, 4) is 17.4 Å². The van der Waals surface area contributed by atoms with Crippen molar-refractivity contribution in [3.63, 3.8) is 0 Å². The van der Waals surface area contributed by atoms with Gasteiger partial charge in [0.2, 0.25) is 5.88 Å². The van der Waals surface area contributed by atoms with Crippen LogP contribution in [0.5, 0.6) is 17.4 Å². The Kier molecular flexibility index (Phi) is 6.24. The lowest BCUT2D eigenvalue weighted by molar-refractivity contribution is -0.936. The van der Waals surface area contributed by atoms with E-state index in [2.05, 4.69) is 31.0 Å². The average Bonchev–Trinajstić information content (AvgIpc) is 3.24. The van der Waals surface area contributed by atoms with Crippen molar-refractivity contribution < 1.29 is 24.3 Å². The summed E-state index contributed by atoms with van der Waals surface area (Å²) in [4.78, 5) is 13.9. The van der Waals surface area contributed by atoms with E-state index in [-0.39, 0.29) is 12.5 Å². The van der Waals surface area contributed by atoms with E-state index in [1.54, 1.807) is 31.4 Å². The van der Waals surface area contributed by atoms with E-state index in [0.29, 0.717) is 40.7 Å². The number of quaternary nitrogens is 1. The summed E-state index contributed by atoms with van der Waals surface area (Å²) in [5.41, 5.74) is 1.88. The second kappa shape index (κ2) is 9.24. The van der Waals surface area contributed by atoms with E-state index in [4.69, 9.17) is 9.47 Å². The summed E-state index contributed by atoms with van der Waals surface area (Å²) in [5, 5.41) is 20.0. The van der Waals surface area contributed by atoms with Crippen LogP contribution in [0.15, 0.2) is 58.8 Å². The minimum absolute atomic E-state index is 0.0437. The molecule has 1 aliphatic carbocycles. The van der Waals surface area contributed by atoms with Gasteiger partial charge in [-0.25, -0.2) is 0 Å². The summed E-state index contributed by atoms with van der Waals surface area (Å²) in [6.07, 6.45) is 3.65. The molecule has 1 aliphatic heterocycles. The lowest BCUT2D eigenvalue weighted by Crippen LogP contribution is -3.13. The van der Waals surface area contributed by atoms with Crippen molar-refractivity contribution >= 4 is 22.5 Å². The van der Waals surface area contributed by atoms with Crippen molar-refractivity contribution in [2.75, 3.05) is 20.3 Å². The molecule has 2 N–H and O–H groups in total. The maximum atomic E-state index is 12.4. The van der Waals surface area contributed by atoms with E-state index >= 15 is 0 Å². The van der Waals surface area contributed by atoms with Gasteiger partial charge in [-0.1, -0.05) is 39.0 Å². The number of aromatic hydroxyl groups is 1. The predicted octanol–water partition coefficient (Wildman–Crippen LogP) is 4.49. The molecule has 8 heteroatoms. The van der Waals surface area contributed by atoms with Gasteiger partial charge in [0.15, 0.2) is 19.0 Å². The molecular weight excluding hydrogens is 456 g/mol. The first kappa shape index (κ1) is 24.3. The zero-order chi connectivity index (χ0) is 25.5. The summed E-state index contributed by atoms with van der Waals surface area (Å²) in [6.45, 7) is 8.65. The molecule has 2 bridgehead atoms. The molecule has 1 saturated heterocycles. The molecule has 2 aromatic carbocycles. The van der Waals surface area contributed by atoms with E-state index in [9.17, 15) is 9.90 Å². The topological polar surface area (TPSA) is 89.8 Å². The van der Waals surface area contributed by atoms with Gasteiger partial charge in [0.1, 0.15) is 11.5 Å². The van der Waals surface area contributed by atoms with Crippen LogP contribution in [0, 0.1) is 10.8 Å². The third kappa shape index (κ3) is 4.82. The Hall–Kier alpha value is -3.39. The SMILES string of the molecule is COc1ccc(OCC(=O)N=Nc2c(O)n(C[NH+]3C[C@@]4(C)C[C@@H]3CC(C)(C)C4)c3ccccc23)cc1. The number of para-hydroxylation sites is 1. The average molecular weight is 492 g/mol. The summed E-state index contributed by atoms with van der Waals surface area (Å²) in [5.74, 6) is 0.755. The van der Waals surface area contributed by atoms with E-state index in [1.165, 1.54) is 24.2 Å². The smallest absolute Gasteiger partial charge is 0.302 e. The Morgan fingerprint density at radius 1 is 1.11 bits per heavy atom. The molecule has 0 spiro atoms. The number of rotatable bonds is 7. The number of carbonyl (C=O) groups excluding carboxylic acids is 1. The molecule has 1 amide bonds. The molecule has 3 atom stereocenters. The van der Waals surface area contributed by atoms with Crippen LogP contribution in [0.2, 0.25) is 0 Å². The van der Waals surface area contributed by atoms with Crippen LogP contribution in [0.25, 0.3) is 10.9 Å². The second-order valence-corrected chi connectivity index (χ2v) is 11.4. The van der Waals surface area contributed by atoms with Gasteiger partial charge >= 0.3 is 5.91 Å². The Balaban J connectivity index is 1.33. The van der Waals surface area contributed by atoms with Gasteiger partial charge in [0, 0.05) is 23.6 Å². The molecule has 190 valence electrons. The zero-order valence-corrected chi connectivity index (χ0v) is 21.5. The number of hydrogen-bond donors (Lipinski definition) is 2. The minimum Gasteiger partial charge on any atom is -0.497 e. The number of fused-ring (bicyclic) bond motifs is 3. The summed E-state index contributed by atoms with van der Waals surface area (Å²) in [6, 6.07) is 15.3. The van der Waals surface area contributed by atoms with Gasteiger partial charge in [0.25, 0.3) is 0 Å². The highest BCUT2D eigenvalue weighted by Gasteiger charge is 2.52. The highest BCUT2D eigenvalue weighted by atomic mass is 16.5. The van der Waals surface area contributed by atoms with Gasteiger partial charge in [0.05, 0.1) is 25.2 Å². The molecule has 2 aliphatic rings. The van der Waals surface area contributed by atoms with Crippen LogP contribution in [0.4, 0.5) is 5.69 Å². The quantitative estimate of drug-likeness (QED) is 0.477. The number of benzene rings is 2. The van der Waals surface area contributed by atoms with Gasteiger partial charge in [-0.15, -0.1) is 10.2 Å². The molecular formula is C28H35N4O4+. The monoisotopic (exact) mass is 491 g/mol. The lowest BCUT2D eigenvalue weighted by Gasteiger charge is -2.37. The van der Waals surface area contributed by atoms with Gasteiger partial charge in [-0.3, -0.25) is 9.36 Å². The molecule has 1 aromatic heterocycles. The highest BCUT2D eigenvalue weighted by molar-refractivity contribution is 5.95. The number of methoxy groups -OCH3 is 1. The summed E-state index contributed by atoms with van der Waals surface area (Å²) >= 11 is 0. The number of azo groups is 1. The number of amides is 1. The Morgan fingerprint density at radius 3 is 2.58 bits per heavy atom. The van der Waals surface area contributed by atoms with Gasteiger partial charge in [-0.2, -0.15) is 0 Å². The first-order valence-electron chi connectivity index (χ1n) is 12.5. The summed E-state index contributed by atoms with van der Waals surface area (Å²) < 4.78 is 12.6. The first-order valence-corrected chi connectivity index (χ1v) is 12.5. The van der Waals surface area contributed by atoms with Crippen molar-refractivity contribution in [3.05, 3.63) is 48.5 Å². The fourth-order valence-electron chi connectivity index (χ4n) is 6.62. The third-order valence-corrected chi connectivity index (χ3v) is 7.64. The van der Waals surface area contributed by atoms with Crippen LogP contribution in [0.1, 0.15) is 40.0 Å². The standard InChI is InChI=1S/C28H34N4O4/c1-27(2)13-19-14-28(3,16-27)17-31(19)18-32-23-8-6-5-7-22(23)25(26(32)34)30-29-24(33)15-36-21-11-9-20(35-4)10-12-21/h5-12,19,34H,13-18H2,1-4H3/p+1/t19-,28-/m0/s1. The number of hydrogen-bond acceptors (Lipinski definition) is 5. The molecule has 5 rings (SSSR count). The predicted molar refractivity (Wildman–Crippen MR) is 137 cm³/mol. The van der Waals surface area contributed by atoms with E-state index in [1.807, 2.05) is 28.8 Å². The van der Waals surface area contributed by atoms with Gasteiger partial charge < -0.3 is 19.5 Å². The van der Waals surface area contributed by atoms with Crippen LogP contribution >= 0.6 is 0 Å². The number of ether oxygens (including phenoxy) is 2. The van der Waals surface area contributed by atoms with E-state index < -0.39 is 5.91 Å². The van der Waals surface area contributed by atoms with Crippen LogP contribution in [-0.2, 0) is 11.5 Å². The van der Waals surface area contributed by atoms with Crippen molar-refractivity contribution in [1.82, 2.24) is 4.57 Å². The molecule has 36 heavy (non-hydrogen) atoms. The molecule has 8 nitrogen and oxygen atoms in total. The Bertz CT molecular complexity index is 1300. The van der Waals surface area contributed by atoms with Crippen molar-refractivity contribution in [2.45, 2.75) is 52.7 Å². The number of aromatic nitrogens is 1. The number of nitrogens with zero attached hydrogens (tertiary/aromatic N) is 3. The minimum atomic E-state index is -0.531. The number of likely N-dealkylation sites (tertiary alicyclic amines) is 1. The second-order valence-electron chi connectivity index (χ2n) is 11.4. The number of nitrogens with one attached hydrogen (secondary N) is 1. The fourth-order valence-corrected chi connectivity index (χ4v) is 6.62. The van der Waals surface area contributed by atoms with E-state index in [0.717, 1.165) is 17.4 Å². The molecule has 1 unspecified atom stereocenters. The normalized spacial score (nSPS) is 24.9. The van der Waals surface area contributed by atoms with Crippen molar-refractivity contribution in [1.29, 1.82) is 0 Å². The van der Waals surface area contributed by atoms with Crippen LogP contribution < -0.4 is 14.4 Å². The highest BCUT2D eigenvalue weighted by Crippen LogP contribution is 2.47. The first-order chi connectivity index (χ1) is 17.2. The maximum Gasteiger partial charge on any atom is 0.302 e. The summed E-state index contributed by atoms with van der Waals surface area (Å²) in [7, 11) is 1.59. The fraction of sp³-hybridized carbons (Fsp3) is 0.464. The third-order valence-electron chi connectivity index (χ3n) is 7.64. The molecule has 2 fully saturated rings. The largest absolute Gasteiger partial charge is 0.497 e. The van der Waals surface area contributed by atoms with Crippen LogP contribution in [-0.4, -0.2) is 41.9 Å². The lowest BCUT2D eigenvalue weighted by atomic mass is 9.65. The molecule has 1 saturated carbocycles. The molecule has 2 heterocycles. The Labute approximate surface area is 211 Å². The molecule has 0 radical (unpaired) electrons. The Morgan fingerprint density at radius 2 is 1.83 bits per heavy atom. The van der Waals surface area contributed by atoms with Crippen LogP contribution in [0.3, 0.4) is 0 Å². The van der Waals surface area contributed by atoms with Gasteiger partial charge in [-0.05, 0) is 42.2 Å². The zero-order valence-electron chi connectivity index (χ0n) is 21.5. The maximum absolute atomic E-state index is 12.4. The van der Waals surface area contributed by atoms with Crippen molar-refractivity contribution in [2.24, 2.45) is 21.1 Å².